The van der Waals surface area contributed by atoms with Crippen LogP contribution < -0.4 is 5.32 Å². The number of alkyl halides is 3. The van der Waals surface area contributed by atoms with Crippen LogP contribution in [0.25, 0.3) is 0 Å². The molecule has 0 bridgehead atoms. The normalized spacial score (nSPS) is 18.3. The molecule has 1 aliphatic rings. The molecule has 1 unspecified atom stereocenters. The van der Waals surface area contributed by atoms with Crippen molar-refractivity contribution in [2.24, 2.45) is 5.92 Å². The fraction of sp³-hybridized carbons (Fsp3) is 0.350. The third-order valence-electron chi connectivity index (χ3n) is 4.65. The lowest BCUT2D eigenvalue weighted by Gasteiger charge is -2.32. The average molecular weight is 441 g/mol. The molecule has 3 rings (SSSR count). The molecule has 3 nitrogen and oxygen atoms in total. The first-order valence-electron chi connectivity index (χ1n) is 8.76. The maximum atomic E-state index is 12.8. The minimum atomic E-state index is -4.42. The molecule has 144 valence electrons. The predicted octanol–water partition coefficient (Wildman–Crippen LogP) is 5.32. The topological polar surface area (TPSA) is 32.3 Å². The summed E-state index contributed by atoms with van der Waals surface area (Å²) in [5, 5.41) is 2.64. The van der Waals surface area contributed by atoms with Crippen molar-refractivity contribution in [3.63, 3.8) is 0 Å². The number of rotatable bonds is 4. The van der Waals surface area contributed by atoms with Gasteiger partial charge in [0, 0.05) is 23.2 Å². The van der Waals surface area contributed by atoms with Gasteiger partial charge in [-0.2, -0.15) is 13.2 Å². The molecule has 1 aliphatic heterocycles. The maximum absolute atomic E-state index is 12.8. The van der Waals surface area contributed by atoms with Gasteiger partial charge in [0.15, 0.2) is 0 Å². The molecule has 7 heteroatoms. The zero-order valence-electron chi connectivity index (χ0n) is 14.6. The number of nitrogens with zero attached hydrogens (tertiary/aromatic N) is 1. The highest BCUT2D eigenvalue weighted by Crippen LogP contribution is 2.31. The number of halogens is 4. The molecule has 27 heavy (non-hydrogen) atoms. The molecule has 1 atom stereocenters. The Morgan fingerprint density at radius 3 is 2.63 bits per heavy atom. The van der Waals surface area contributed by atoms with Crippen molar-refractivity contribution in [2.45, 2.75) is 25.6 Å². The smallest absolute Gasteiger partial charge is 0.326 e. The Labute approximate surface area is 164 Å². The summed E-state index contributed by atoms with van der Waals surface area (Å²) in [6, 6.07) is 12.8. The molecule has 0 radical (unpaired) electrons. The van der Waals surface area contributed by atoms with Crippen LogP contribution in [0.2, 0.25) is 0 Å². The van der Waals surface area contributed by atoms with E-state index < -0.39 is 11.7 Å². The highest BCUT2D eigenvalue weighted by atomic mass is 79.9. The van der Waals surface area contributed by atoms with Crippen LogP contribution in [0.4, 0.5) is 18.9 Å². The molecule has 1 heterocycles. The van der Waals surface area contributed by atoms with Gasteiger partial charge in [-0.05, 0) is 55.3 Å². The second-order valence-electron chi connectivity index (χ2n) is 6.77. The average Bonchev–Trinajstić information content (AvgIpc) is 2.63. The van der Waals surface area contributed by atoms with Gasteiger partial charge in [-0.15, -0.1) is 0 Å². The number of likely N-dealkylation sites (tertiary alicyclic amines) is 1. The summed E-state index contributed by atoms with van der Waals surface area (Å²) in [7, 11) is 0. The van der Waals surface area contributed by atoms with Gasteiger partial charge in [0.05, 0.1) is 11.5 Å². The van der Waals surface area contributed by atoms with Crippen LogP contribution in [0.5, 0.6) is 0 Å². The quantitative estimate of drug-likeness (QED) is 0.697. The van der Waals surface area contributed by atoms with Crippen LogP contribution >= 0.6 is 15.9 Å². The minimum absolute atomic E-state index is 0.180. The largest absolute Gasteiger partial charge is 0.416 e. The van der Waals surface area contributed by atoms with Crippen LogP contribution in [-0.4, -0.2) is 23.9 Å². The second-order valence-corrected chi connectivity index (χ2v) is 7.68. The Hall–Kier alpha value is -1.86. The van der Waals surface area contributed by atoms with Crippen LogP contribution in [0.15, 0.2) is 53.0 Å². The number of nitrogens with one attached hydrogen (secondary N) is 1. The van der Waals surface area contributed by atoms with Crippen LogP contribution in [0, 0.1) is 5.92 Å². The SMILES string of the molecule is O=C(Nc1cccc(C(F)(F)F)c1)C1CCCN(Cc2ccc(Br)cc2)C1. The Morgan fingerprint density at radius 2 is 1.93 bits per heavy atom. The number of piperidine rings is 1. The summed E-state index contributed by atoms with van der Waals surface area (Å²) in [6.07, 6.45) is -2.80. The van der Waals surface area contributed by atoms with Crippen molar-refractivity contribution in [3.8, 4) is 0 Å². The second kappa shape index (κ2) is 8.44. The van der Waals surface area contributed by atoms with Gasteiger partial charge in [-0.1, -0.05) is 34.1 Å². The van der Waals surface area contributed by atoms with E-state index in [1.165, 1.54) is 12.1 Å². The summed E-state index contributed by atoms with van der Waals surface area (Å²) in [5.74, 6) is -0.460. The molecular weight excluding hydrogens is 421 g/mol. The Kier molecular flexibility index (Phi) is 6.22. The monoisotopic (exact) mass is 440 g/mol. The van der Waals surface area contributed by atoms with Crippen molar-refractivity contribution in [2.75, 3.05) is 18.4 Å². The summed E-state index contributed by atoms with van der Waals surface area (Å²) in [4.78, 5) is 14.8. The third kappa shape index (κ3) is 5.56. The summed E-state index contributed by atoms with van der Waals surface area (Å²) in [6.45, 7) is 2.25. The van der Waals surface area contributed by atoms with Crippen molar-refractivity contribution in [1.29, 1.82) is 0 Å². The lowest BCUT2D eigenvalue weighted by Crippen LogP contribution is -2.40. The third-order valence-corrected chi connectivity index (χ3v) is 5.18. The molecular formula is C20H20BrF3N2O. The number of hydrogen-bond acceptors (Lipinski definition) is 2. The number of hydrogen-bond donors (Lipinski definition) is 1. The summed E-state index contributed by atoms with van der Waals surface area (Å²) in [5.41, 5.74) is 0.581. The maximum Gasteiger partial charge on any atom is 0.416 e. The van der Waals surface area contributed by atoms with Gasteiger partial charge in [0.2, 0.25) is 5.91 Å². The zero-order valence-corrected chi connectivity index (χ0v) is 16.2. The molecule has 0 aliphatic carbocycles. The first kappa shape index (κ1) is 19.9. The van der Waals surface area contributed by atoms with E-state index in [0.29, 0.717) is 6.54 Å². The van der Waals surface area contributed by atoms with E-state index in [1.807, 2.05) is 24.3 Å². The van der Waals surface area contributed by atoms with Crippen LogP contribution in [0.3, 0.4) is 0 Å². The Balaban J connectivity index is 1.60. The predicted molar refractivity (Wildman–Crippen MR) is 102 cm³/mol. The lowest BCUT2D eigenvalue weighted by molar-refractivity contribution is -0.137. The summed E-state index contributed by atoms with van der Waals surface area (Å²) < 4.78 is 39.5. The van der Waals surface area contributed by atoms with Crippen LogP contribution in [-0.2, 0) is 17.5 Å². The van der Waals surface area contributed by atoms with Gasteiger partial charge < -0.3 is 5.32 Å². The Morgan fingerprint density at radius 1 is 1.19 bits per heavy atom. The highest BCUT2D eigenvalue weighted by Gasteiger charge is 2.31. The minimum Gasteiger partial charge on any atom is -0.326 e. The van der Waals surface area contributed by atoms with Gasteiger partial charge in [0.25, 0.3) is 0 Å². The molecule has 2 aromatic rings. The molecule has 1 fully saturated rings. The lowest BCUT2D eigenvalue weighted by atomic mass is 9.96. The number of anilines is 1. The van der Waals surface area contributed by atoms with Gasteiger partial charge in [-0.3, -0.25) is 9.69 Å². The van der Waals surface area contributed by atoms with E-state index >= 15 is 0 Å². The molecule has 1 saturated heterocycles. The molecule has 0 spiro atoms. The van der Waals surface area contributed by atoms with Gasteiger partial charge in [-0.25, -0.2) is 0 Å². The highest BCUT2D eigenvalue weighted by molar-refractivity contribution is 9.10. The van der Waals surface area contributed by atoms with E-state index in [0.717, 1.165) is 48.1 Å². The number of carbonyl (C=O) groups is 1. The van der Waals surface area contributed by atoms with E-state index in [-0.39, 0.29) is 17.5 Å². The first-order valence-corrected chi connectivity index (χ1v) is 9.55. The van der Waals surface area contributed by atoms with Crippen LogP contribution in [0.1, 0.15) is 24.0 Å². The standard InChI is InChI=1S/C20H20BrF3N2O/c21-17-8-6-14(7-9-17)12-26-10-2-3-15(13-26)19(27)25-18-5-1-4-16(11-18)20(22,23)24/h1,4-9,11,15H,2-3,10,12-13H2,(H,25,27). The van der Waals surface area contributed by atoms with E-state index in [1.54, 1.807) is 0 Å². The van der Waals surface area contributed by atoms with Crippen molar-refractivity contribution >= 4 is 27.5 Å². The van der Waals surface area contributed by atoms with Crippen molar-refractivity contribution in [1.82, 2.24) is 4.90 Å². The molecule has 1 amide bonds. The van der Waals surface area contributed by atoms with E-state index in [9.17, 15) is 18.0 Å². The summed E-state index contributed by atoms with van der Waals surface area (Å²) >= 11 is 3.41. The van der Waals surface area contributed by atoms with Crippen molar-refractivity contribution in [3.05, 3.63) is 64.1 Å². The fourth-order valence-electron chi connectivity index (χ4n) is 3.28. The molecule has 2 aromatic carbocycles. The van der Waals surface area contributed by atoms with Crippen molar-refractivity contribution < 1.29 is 18.0 Å². The number of amides is 1. The van der Waals surface area contributed by atoms with E-state index in [4.69, 9.17) is 0 Å². The molecule has 0 aromatic heterocycles. The first-order chi connectivity index (χ1) is 12.8. The zero-order chi connectivity index (χ0) is 19.4. The van der Waals surface area contributed by atoms with E-state index in [2.05, 4.69) is 26.1 Å². The molecule has 1 N–H and O–H groups in total. The Bertz CT molecular complexity index is 793. The fourth-order valence-corrected chi connectivity index (χ4v) is 3.54. The van der Waals surface area contributed by atoms with Gasteiger partial charge >= 0.3 is 6.18 Å². The number of benzene rings is 2. The number of carbonyl (C=O) groups excluding carboxylic acids is 1. The molecule has 0 saturated carbocycles. The van der Waals surface area contributed by atoms with Gasteiger partial charge in [0.1, 0.15) is 0 Å².